The van der Waals surface area contributed by atoms with E-state index in [1.54, 1.807) is 13.3 Å². The summed E-state index contributed by atoms with van der Waals surface area (Å²) in [6.45, 7) is 4.98. The van der Waals surface area contributed by atoms with Crippen LogP contribution in [0, 0.1) is 13.8 Å². The number of hydrogen-bond donors (Lipinski definition) is 1. The van der Waals surface area contributed by atoms with Crippen LogP contribution in [0.15, 0.2) is 60.9 Å². The number of nitrogens with one attached hydrogen (secondary N) is 1. The SMILES string of the molecule is COc1ccccc1-c1cnn2c(NCc3ccc(C)cc3C)ccnc12. The number of fused-ring (bicyclic) bond motifs is 1. The maximum absolute atomic E-state index is 5.50. The van der Waals surface area contributed by atoms with E-state index in [1.165, 1.54) is 16.7 Å². The molecule has 2 heterocycles. The Hall–Kier alpha value is -3.34. The first-order chi connectivity index (χ1) is 13.2. The average Bonchev–Trinajstić information content (AvgIpc) is 3.12. The lowest BCUT2D eigenvalue weighted by Gasteiger charge is -2.11. The lowest BCUT2D eigenvalue weighted by molar-refractivity contribution is 0.416. The predicted octanol–water partition coefficient (Wildman–Crippen LogP) is 4.63. The number of benzene rings is 2. The Balaban J connectivity index is 1.68. The second-order valence-corrected chi connectivity index (χ2v) is 6.61. The van der Waals surface area contributed by atoms with Gasteiger partial charge in [-0.3, -0.25) is 0 Å². The molecule has 0 aliphatic rings. The largest absolute Gasteiger partial charge is 0.496 e. The molecule has 0 atom stereocenters. The number of hydrogen-bond acceptors (Lipinski definition) is 4. The molecule has 4 aromatic rings. The van der Waals surface area contributed by atoms with Gasteiger partial charge < -0.3 is 10.1 Å². The molecule has 1 N–H and O–H groups in total. The zero-order chi connectivity index (χ0) is 18.8. The minimum atomic E-state index is 0.731. The zero-order valence-corrected chi connectivity index (χ0v) is 15.7. The van der Waals surface area contributed by atoms with Crippen LogP contribution in [0.5, 0.6) is 5.75 Å². The summed E-state index contributed by atoms with van der Waals surface area (Å²) in [5.41, 5.74) is 6.54. The molecular formula is C22H22N4O. The number of methoxy groups -OCH3 is 1. The highest BCUT2D eigenvalue weighted by Gasteiger charge is 2.14. The summed E-state index contributed by atoms with van der Waals surface area (Å²) in [5, 5.41) is 8.04. The van der Waals surface area contributed by atoms with Gasteiger partial charge >= 0.3 is 0 Å². The number of rotatable bonds is 5. The fraction of sp³-hybridized carbons (Fsp3) is 0.182. The van der Waals surface area contributed by atoms with Gasteiger partial charge in [0.1, 0.15) is 11.6 Å². The van der Waals surface area contributed by atoms with Crippen LogP contribution in [0.3, 0.4) is 0 Å². The summed E-state index contributed by atoms with van der Waals surface area (Å²) >= 11 is 0. The highest BCUT2D eigenvalue weighted by atomic mass is 16.5. The van der Waals surface area contributed by atoms with Crippen LogP contribution in [0.25, 0.3) is 16.8 Å². The van der Waals surface area contributed by atoms with Crippen molar-refractivity contribution in [1.29, 1.82) is 0 Å². The maximum atomic E-state index is 5.50. The van der Waals surface area contributed by atoms with Gasteiger partial charge in [0.2, 0.25) is 0 Å². The summed E-state index contributed by atoms with van der Waals surface area (Å²) < 4.78 is 7.33. The van der Waals surface area contributed by atoms with E-state index in [4.69, 9.17) is 4.74 Å². The van der Waals surface area contributed by atoms with Gasteiger partial charge in [0.25, 0.3) is 0 Å². The van der Waals surface area contributed by atoms with Crippen molar-refractivity contribution in [3.05, 3.63) is 77.6 Å². The van der Waals surface area contributed by atoms with E-state index in [0.717, 1.165) is 34.9 Å². The third kappa shape index (κ3) is 3.24. The molecule has 0 saturated heterocycles. The third-order valence-corrected chi connectivity index (χ3v) is 4.76. The topological polar surface area (TPSA) is 51.5 Å². The summed E-state index contributed by atoms with van der Waals surface area (Å²) in [5.74, 6) is 1.71. The van der Waals surface area contributed by atoms with E-state index >= 15 is 0 Å². The number of anilines is 1. The normalized spacial score (nSPS) is 10.9. The van der Waals surface area contributed by atoms with Crippen molar-refractivity contribution in [3.8, 4) is 16.9 Å². The summed E-state index contributed by atoms with van der Waals surface area (Å²) in [6.07, 6.45) is 3.64. The van der Waals surface area contributed by atoms with Crippen molar-refractivity contribution in [1.82, 2.24) is 14.6 Å². The smallest absolute Gasteiger partial charge is 0.165 e. The van der Waals surface area contributed by atoms with Gasteiger partial charge in [-0.2, -0.15) is 9.61 Å². The molecule has 0 bridgehead atoms. The molecule has 0 saturated carbocycles. The van der Waals surface area contributed by atoms with Crippen molar-refractivity contribution in [2.75, 3.05) is 12.4 Å². The quantitative estimate of drug-likeness (QED) is 0.565. The molecule has 136 valence electrons. The van der Waals surface area contributed by atoms with Gasteiger partial charge in [0, 0.05) is 18.3 Å². The number of nitrogens with zero attached hydrogens (tertiary/aromatic N) is 3. The van der Waals surface area contributed by atoms with Crippen molar-refractivity contribution < 1.29 is 4.74 Å². The average molecular weight is 358 g/mol. The molecule has 27 heavy (non-hydrogen) atoms. The third-order valence-electron chi connectivity index (χ3n) is 4.76. The minimum absolute atomic E-state index is 0.731. The van der Waals surface area contributed by atoms with Gasteiger partial charge in [0.15, 0.2) is 5.65 Å². The first-order valence-electron chi connectivity index (χ1n) is 8.93. The first kappa shape index (κ1) is 17.1. The van der Waals surface area contributed by atoms with Crippen LogP contribution in [-0.2, 0) is 6.54 Å². The molecule has 0 radical (unpaired) electrons. The molecule has 0 amide bonds. The molecule has 0 aliphatic carbocycles. The van der Waals surface area contributed by atoms with Gasteiger partial charge in [0.05, 0.1) is 18.9 Å². The Bertz CT molecular complexity index is 1100. The van der Waals surface area contributed by atoms with Gasteiger partial charge in [-0.25, -0.2) is 4.98 Å². The fourth-order valence-electron chi connectivity index (χ4n) is 3.31. The van der Waals surface area contributed by atoms with Crippen LogP contribution in [0.2, 0.25) is 0 Å². The molecule has 5 heteroatoms. The molecule has 4 rings (SSSR count). The number of aryl methyl sites for hydroxylation is 2. The molecular weight excluding hydrogens is 336 g/mol. The van der Waals surface area contributed by atoms with E-state index in [0.29, 0.717) is 0 Å². The van der Waals surface area contributed by atoms with E-state index in [-0.39, 0.29) is 0 Å². The highest BCUT2D eigenvalue weighted by Crippen LogP contribution is 2.32. The Morgan fingerprint density at radius 1 is 1.04 bits per heavy atom. The van der Waals surface area contributed by atoms with Crippen LogP contribution < -0.4 is 10.1 Å². The Kier molecular flexibility index (Phi) is 4.50. The van der Waals surface area contributed by atoms with Crippen LogP contribution >= 0.6 is 0 Å². The minimum Gasteiger partial charge on any atom is -0.496 e. The van der Waals surface area contributed by atoms with Gasteiger partial charge in [-0.1, -0.05) is 42.0 Å². The Morgan fingerprint density at radius 3 is 2.70 bits per heavy atom. The zero-order valence-electron chi connectivity index (χ0n) is 15.7. The number of aromatic nitrogens is 3. The highest BCUT2D eigenvalue weighted by molar-refractivity contribution is 5.81. The lowest BCUT2D eigenvalue weighted by Crippen LogP contribution is -2.06. The lowest BCUT2D eigenvalue weighted by atomic mass is 10.1. The standard InChI is InChI=1S/C22H22N4O/c1-15-8-9-17(16(2)12-15)13-24-21-10-11-23-22-19(14-25-26(21)22)18-6-4-5-7-20(18)27-3/h4-12,14,24H,13H2,1-3H3. The van der Waals surface area contributed by atoms with Gasteiger partial charge in [-0.15, -0.1) is 0 Å². The fourth-order valence-corrected chi connectivity index (χ4v) is 3.31. The summed E-state index contributed by atoms with van der Waals surface area (Å²) in [4.78, 5) is 4.54. The van der Waals surface area contributed by atoms with Crippen LogP contribution in [0.4, 0.5) is 5.82 Å². The monoisotopic (exact) mass is 358 g/mol. The number of ether oxygens (including phenoxy) is 1. The molecule has 2 aromatic carbocycles. The predicted molar refractivity (Wildman–Crippen MR) is 108 cm³/mol. The molecule has 2 aromatic heterocycles. The van der Waals surface area contributed by atoms with E-state index < -0.39 is 0 Å². The van der Waals surface area contributed by atoms with Gasteiger partial charge in [-0.05, 0) is 37.1 Å². The van der Waals surface area contributed by atoms with Crippen molar-refractivity contribution in [2.45, 2.75) is 20.4 Å². The molecule has 0 fully saturated rings. The summed E-state index contributed by atoms with van der Waals surface area (Å²) in [6, 6.07) is 16.4. The van der Waals surface area contributed by atoms with E-state index in [2.05, 4.69) is 47.4 Å². The van der Waals surface area contributed by atoms with Crippen molar-refractivity contribution in [3.63, 3.8) is 0 Å². The first-order valence-corrected chi connectivity index (χ1v) is 8.93. The maximum Gasteiger partial charge on any atom is 0.165 e. The molecule has 0 unspecified atom stereocenters. The van der Waals surface area contributed by atoms with Crippen LogP contribution in [0.1, 0.15) is 16.7 Å². The van der Waals surface area contributed by atoms with Crippen LogP contribution in [-0.4, -0.2) is 21.7 Å². The number of para-hydroxylation sites is 1. The molecule has 5 nitrogen and oxygen atoms in total. The second-order valence-electron chi connectivity index (χ2n) is 6.61. The second kappa shape index (κ2) is 7.11. The van der Waals surface area contributed by atoms with E-state index in [1.807, 2.05) is 41.0 Å². The summed E-state index contributed by atoms with van der Waals surface area (Å²) in [7, 11) is 1.68. The van der Waals surface area contributed by atoms with E-state index in [9.17, 15) is 0 Å². The molecule has 0 spiro atoms. The van der Waals surface area contributed by atoms with Crippen molar-refractivity contribution in [2.24, 2.45) is 0 Å². The van der Waals surface area contributed by atoms with Crippen molar-refractivity contribution >= 4 is 11.5 Å². The Labute approximate surface area is 158 Å². The molecule has 0 aliphatic heterocycles. The Morgan fingerprint density at radius 2 is 1.89 bits per heavy atom.